The maximum atomic E-state index is 12.4. The number of rotatable bonds is 4. The number of benzene rings is 2. The average molecular weight is 344 g/mol. The first-order chi connectivity index (χ1) is 11.6. The Kier molecular flexibility index (Phi) is 5.38. The number of nitrogens with one attached hydrogen (secondary N) is 1. The van der Waals surface area contributed by atoms with Crippen molar-refractivity contribution in [1.82, 2.24) is 4.90 Å². The molecule has 2 aromatic rings. The molecule has 4 nitrogen and oxygen atoms in total. The van der Waals surface area contributed by atoms with E-state index in [1.165, 1.54) is 0 Å². The fourth-order valence-electron chi connectivity index (χ4n) is 2.97. The predicted octanol–water partition coefficient (Wildman–Crippen LogP) is 3.49. The molecule has 1 amide bonds. The van der Waals surface area contributed by atoms with Gasteiger partial charge in [-0.2, -0.15) is 0 Å². The van der Waals surface area contributed by atoms with E-state index in [-0.39, 0.29) is 11.9 Å². The number of carbonyl (C=O) groups is 1. The number of hydrogen-bond donors (Lipinski definition) is 1. The Balaban J connectivity index is 1.55. The molecule has 1 heterocycles. The van der Waals surface area contributed by atoms with E-state index < -0.39 is 0 Å². The molecule has 2 aromatic carbocycles. The summed E-state index contributed by atoms with van der Waals surface area (Å²) in [5, 5.41) is 3.73. The molecule has 1 N–H and O–H groups in total. The molecule has 24 heavy (non-hydrogen) atoms. The van der Waals surface area contributed by atoms with Crippen LogP contribution < -0.4 is 10.2 Å². The Labute approximate surface area is 148 Å². The van der Waals surface area contributed by atoms with Crippen LogP contribution in [-0.2, 0) is 4.79 Å². The third kappa shape index (κ3) is 4.08. The molecule has 1 saturated heterocycles. The minimum atomic E-state index is -0.147. The van der Waals surface area contributed by atoms with Crippen molar-refractivity contribution in [2.45, 2.75) is 13.0 Å². The highest BCUT2D eigenvalue weighted by molar-refractivity contribution is 6.30. The predicted molar refractivity (Wildman–Crippen MR) is 99.8 cm³/mol. The van der Waals surface area contributed by atoms with Gasteiger partial charge in [0.05, 0.1) is 6.04 Å². The van der Waals surface area contributed by atoms with Gasteiger partial charge in [-0.25, -0.2) is 0 Å². The van der Waals surface area contributed by atoms with E-state index in [1.807, 2.05) is 55.5 Å². The van der Waals surface area contributed by atoms with Crippen molar-refractivity contribution in [3.8, 4) is 0 Å². The summed E-state index contributed by atoms with van der Waals surface area (Å²) in [5.41, 5.74) is 1.98. The molecule has 126 valence electrons. The van der Waals surface area contributed by atoms with Gasteiger partial charge in [0.2, 0.25) is 5.91 Å². The molecule has 1 aliphatic rings. The van der Waals surface area contributed by atoms with Crippen molar-refractivity contribution in [2.24, 2.45) is 0 Å². The van der Waals surface area contributed by atoms with Gasteiger partial charge in [-0.1, -0.05) is 35.9 Å². The highest BCUT2D eigenvalue weighted by atomic mass is 35.5. The number of amides is 1. The maximum absolute atomic E-state index is 12.4. The monoisotopic (exact) mass is 343 g/mol. The largest absolute Gasteiger partial charge is 0.369 e. The lowest BCUT2D eigenvalue weighted by Gasteiger charge is -2.38. The van der Waals surface area contributed by atoms with Gasteiger partial charge in [-0.05, 0) is 37.3 Å². The summed E-state index contributed by atoms with van der Waals surface area (Å²) >= 11 is 6.07. The number of piperazine rings is 1. The first-order valence-corrected chi connectivity index (χ1v) is 8.62. The zero-order chi connectivity index (χ0) is 16.9. The maximum Gasteiger partial charge on any atom is 0.241 e. The van der Waals surface area contributed by atoms with Gasteiger partial charge in [-0.3, -0.25) is 9.69 Å². The lowest BCUT2D eigenvalue weighted by molar-refractivity contribution is -0.120. The second kappa shape index (κ2) is 7.69. The fourth-order valence-corrected chi connectivity index (χ4v) is 3.16. The van der Waals surface area contributed by atoms with Gasteiger partial charge in [0.15, 0.2) is 0 Å². The van der Waals surface area contributed by atoms with E-state index in [2.05, 4.69) is 21.2 Å². The van der Waals surface area contributed by atoms with Crippen LogP contribution in [0.15, 0.2) is 54.6 Å². The highest BCUT2D eigenvalue weighted by Gasteiger charge is 2.25. The molecule has 0 spiro atoms. The summed E-state index contributed by atoms with van der Waals surface area (Å²) in [4.78, 5) is 17.0. The minimum Gasteiger partial charge on any atom is -0.369 e. The van der Waals surface area contributed by atoms with Crippen LogP contribution in [0.1, 0.15) is 6.92 Å². The van der Waals surface area contributed by atoms with Crippen LogP contribution >= 0.6 is 11.6 Å². The Morgan fingerprint density at radius 2 is 1.75 bits per heavy atom. The molecule has 0 unspecified atom stereocenters. The van der Waals surface area contributed by atoms with Gasteiger partial charge in [0.25, 0.3) is 0 Å². The minimum absolute atomic E-state index is 0.0393. The summed E-state index contributed by atoms with van der Waals surface area (Å²) in [6.45, 7) is 5.46. The summed E-state index contributed by atoms with van der Waals surface area (Å²) in [6, 6.07) is 17.4. The number of halogens is 1. The lowest BCUT2D eigenvalue weighted by Crippen LogP contribution is -2.52. The van der Waals surface area contributed by atoms with E-state index in [1.54, 1.807) is 0 Å². The van der Waals surface area contributed by atoms with Crippen LogP contribution in [0.4, 0.5) is 11.4 Å². The number of nitrogens with zero attached hydrogens (tertiary/aromatic N) is 2. The van der Waals surface area contributed by atoms with E-state index in [4.69, 9.17) is 11.6 Å². The highest BCUT2D eigenvalue weighted by Crippen LogP contribution is 2.21. The molecular formula is C19H22ClN3O. The quantitative estimate of drug-likeness (QED) is 0.923. The van der Waals surface area contributed by atoms with Crippen LogP contribution in [0.2, 0.25) is 5.02 Å². The SMILES string of the molecule is C[C@@H](C(=O)Nc1ccccc1)N1CCN(c2cccc(Cl)c2)CC1. The Bertz CT molecular complexity index is 684. The smallest absolute Gasteiger partial charge is 0.241 e. The zero-order valence-corrected chi connectivity index (χ0v) is 14.5. The van der Waals surface area contributed by atoms with Crippen LogP contribution in [0.25, 0.3) is 0 Å². The lowest BCUT2D eigenvalue weighted by atomic mass is 10.2. The third-order valence-electron chi connectivity index (χ3n) is 4.46. The molecule has 3 rings (SSSR count). The molecular weight excluding hydrogens is 322 g/mol. The van der Waals surface area contributed by atoms with Crippen molar-refractivity contribution in [3.63, 3.8) is 0 Å². The number of para-hydroxylation sites is 1. The second-order valence-corrected chi connectivity index (χ2v) is 6.47. The molecule has 1 aliphatic heterocycles. The molecule has 5 heteroatoms. The van der Waals surface area contributed by atoms with Crippen LogP contribution in [-0.4, -0.2) is 43.0 Å². The second-order valence-electron chi connectivity index (χ2n) is 6.03. The standard InChI is InChI=1S/C19H22ClN3O/c1-15(19(24)21-17-7-3-2-4-8-17)22-10-12-23(13-11-22)18-9-5-6-16(20)14-18/h2-9,14-15H,10-13H2,1H3,(H,21,24)/t15-/m0/s1. The number of hydrogen-bond acceptors (Lipinski definition) is 3. The van der Waals surface area contributed by atoms with Gasteiger partial charge in [0.1, 0.15) is 0 Å². The molecule has 0 radical (unpaired) electrons. The van der Waals surface area contributed by atoms with Crippen molar-refractivity contribution >= 4 is 28.9 Å². The van der Waals surface area contributed by atoms with E-state index in [9.17, 15) is 4.79 Å². The first-order valence-electron chi connectivity index (χ1n) is 8.24. The molecule has 0 saturated carbocycles. The Hall–Kier alpha value is -2.04. The van der Waals surface area contributed by atoms with Crippen LogP contribution in [0, 0.1) is 0 Å². The topological polar surface area (TPSA) is 35.6 Å². The van der Waals surface area contributed by atoms with Crippen LogP contribution in [0.5, 0.6) is 0 Å². The number of anilines is 2. The Morgan fingerprint density at radius 3 is 2.42 bits per heavy atom. The molecule has 0 aromatic heterocycles. The normalized spacial score (nSPS) is 16.7. The van der Waals surface area contributed by atoms with E-state index >= 15 is 0 Å². The third-order valence-corrected chi connectivity index (χ3v) is 4.69. The summed E-state index contributed by atoms with van der Waals surface area (Å²) in [5.74, 6) is 0.0393. The van der Waals surface area contributed by atoms with E-state index in [0.717, 1.165) is 42.6 Å². The van der Waals surface area contributed by atoms with E-state index in [0.29, 0.717) is 0 Å². The Morgan fingerprint density at radius 1 is 1.04 bits per heavy atom. The molecule has 1 atom stereocenters. The fraction of sp³-hybridized carbons (Fsp3) is 0.316. The van der Waals surface area contributed by atoms with Gasteiger partial charge >= 0.3 is 0 Å². The first kappa shape index (κ1) is 16.8. The zero-order valence-electron chi connectivity index (χ0n) is 13.8. The van der Waals surface area contributed by atoms with Crippen molar-refractivity contribution in [1.29, 1.82) is 0 Å². The summed E-state index contributed by atoms with van der Waals surface area (Å²) in [7, 11) is 0. The molecule has 1 fully saturated rings. The summed E-state index contributed by atoms with van der Waals surface area (Å²) < 4.78 is 0. The van der Waals surface area contributed by atoms with Gasteiger partial charge in [0, 0.05) is 42.6 Å². The van der Waals surface area contributed by atoms with Gasteiger partial charge in [-0.15, -0.1) is 0 Å². The average Bonchev–Trinajstić information content (AvgIpc) is 2.62. The van der Waals surface area contributed by atoms with Crippen molar-refractivity contribution in [2.75, 3.05) is 36.4 Å². The van der Waals surface area contributed by atoms with Crippen molar-refractivity contribution < 1.29 is 4.79 Å². The molecule has 0 bridgehead atoms. The van der Waals surface area contributed by atoms with Gasteiger partial charge < -0.3 is 10.2 Å². The summed E-state index contributed by atoms with van der Waals surface area (Å²) in [6.07, 6.45) is 0. The number of carbonyl (C=O) groups excluding carboxylic acids is 1. The molecule has 0 aliphatic carbocycles. The van der Waals surface area contributed by atoms with Crippen LogP contribution in [0.3, 0.4) is 0 Å². The van der Waals surface area contributed by atoms with Crippen molar-refractivity contribution in [3.05, 3.63) is 59.6 Å².